The molecule has 0 unspecified atom stereocenters. The Hall–Kier alpha value is -3.10. The third-order valence-electron chi connectivity index (χ3n) is 6.28. The molecule has 2 aliphatic heterocycles. The van der Waals surface area contributed by atoms with Crippen molar-refractivity contribution in [2.75, 3.05) is 33.5 Å². The maximum absolute atomic E-state index is 13.4. The van der Waals surface area contributed by atoms with Crippen LogP contribution in [-0.2, 0) is 6.54 Å². The molecule has 0 saturated carbocycles. The first-order valence-corrected chi connectivity index (χ1v) is 11.7. The second kappa shape index (κ2) is 10.4. The Kier molecular flexibility index (Phi) is 7.38. The molecule has 0 spiro atoms. The van der Waals surface area contributed by atoms with Crippen molar-refractivity contribution in [3.63, 3.8) is 0 Å². The highest BCUT2D eigenvalue weighted by molar-refractivity contribution is 5.97. The maximum atomic E-state index is 13.4. The van der Waals surface area contributed by atoms with Gasteiger partial charge in [-0.25, -0.2) is 4.98 Å². The molecule has 8 heteroatoms. The molecular formula is C26H33N3O5. The van der Waals surface area contributed by atoms with Crippen LogP contribution >= 0.6 is 0 Å². The predicted molar refractivity (Wildman–Crippen MR) is 129 cm³/mol. The summed E-state index contributed by atoms with van der Waals surface area (Å²) < 4.78 is 17.3. The Morgan fingerprint density at radius 1 is 1.29 bits per heavy atom. The van der Waals surface area contributed by atoms with Crippen LogP contribution in [0, 0.1) is 5.92 Å². The van der Waals surface area contributed by atoms with Crippen molar-refractivity contribution in [2.24, 2.45) is 5.92 Å². The van der Waals surface area contributed by atoms with Gasteiger partial charge < -0.3 is 24.2 Å². The summed E-state index contributed by atoms with van der Waals surface area (Å²) in [4.78, 5) is 21.8. The molecule has 2 aromatic rings. The summed E-state index contributed by atoms with van der Waals surface area (Å²) in [6, 6.07) is 7.48. The number of pyridine rings is 1. The summed E-state index contributed by atoms with van der Waals surface area (Å²) in [5, 5.41) is 9.80. The van der Waals surface area contributed by atoms with Crippen molar-refractivity contribution in [3.05, 3.63) is 53.2 Å². The molecular weight excluding hydrogens is 434 g/mol. The second-order valence-corrected chi connectivity index (χ2v) is 9.13. The molecule has 3 atom stereocenters. The minimum Gasteiger partial charge on any atom is -0.472 e. The molecule has 0 radical (unpaired) electrons. The number of carbonyl (C=O) groups excluding carboxylic acids is 1. The smallest absolute Gasteiger partial charge is 0.259 e. The lowest BCUT2D eigenvalue weighted by atomic mass is 9.99. The van der Waals surface area contributed by atoms with Crippen LogP contribution in [0.3, 0.4) is 0 Å². The first kappa shape index (κ1) is 24.0. The fourth-order valence-corrected chi connectivity index (χ4v) is 4.34. The van der Waals surface area contributed by atoms with Gasteiger partial charge in [-0.05, 0) is 50.2 Å². The van der Waals surface area contributed by atoms with Gasteiger partial charge in [0.1, 0.15) is 11.7 Å². The van der Waals surface area contributed by atoms with Crippen molar-refractivity contribution >= 4 is 12.0 Å². The summed E-state index contributed by atoms with van der Waals surface area (Å²) in [5.41, 5.74) is 2.37. The van der Waals surface area contributed by atoms with Crippen molar-refractivity contribution in [1.82, 2.24) is 14.8 Å². The highest BCUT2D eigenvalue weighted by Gasteiger charge is 2.34. The summed E-state index contributed by atoms with van der Waals surface area (Å²) in [6.45, 7) is 7.83. The molecule has 0 aliphatic carbocycles. The third kappa shape index (κ3) is 5.18. The Morgan fingerprint density at radius 2 is 2.09 bits per heavy atom. The molecule has 1 aromatic heterocycles. The van der Waals surface area contributed by atoms with E-state index in [2.05, 4.69) is 16.8 Å². The maximum Gasteiger partial charge on any atom is 0.259 e. The lowest BCUT2D eigenvalue weighted by molar-refractivity contribution is 0.0325. The SMILES string of the molecule is CC=Cc1cnc2c(c1)C(=O)N([C@H](C)CO)C[C@@H](C)[C@@H](CN(C)Cc1ccc3c(c1)OCO3)O2. The van der Waals surface area contributed by atoms with E-state index in [4.69, 9.17) is 14.2 Å². The third-order valence-corrected chi connectivity index (χ3v) is 6.28. The van der Waals surface area contributed by atoms with E-state index < -0.39 is 0 Å². The number of fused-ring (bicyclic) bond motifs is 2. The Balaban J connectivity index is 1.57. The number of rotatable bonds is 7. The number of allylic oxidation sites excluding steroid dienone is 1. The number of aliphatic hydroxyl groups is 1. The zero-order valence-electron chi connectivity index (χ0n) is 20.2. The molecule has 1 N–H and O–H groups in total. The highest BCUT2D eigenvalue weighted by Crippen LogP contribution is 2.33. The van der Waals surface area contributed by atoms with Crippen LogP contribution in [0.25, 0.3) is 6.08 Å². The quantitative estimate of drug-likeness (QED) is 0.669. The van der Waals surface area contributed by atoms with Gasteiger partial charge >= 0.3 is 0 Å². The number of nitrogens with zero attached hydrogens (tertiary/aromatic N) is 3. The lowest BCUT2D eigenvalue weighted by Crippen LogP contribution is -2.49. The van der Waals surface area contributed by atoms with Gasteiger partial charge in [-0.3, -0.25) is 9.69 Å². The fraction of sp³-hybridized carbons (Fsp3) is 0.462. The molecule has 0 fully saturated rings. The Labute approximate surface area is 200 Å². The lowest BCUT2D eigenvalue weighted by Gasteiger charge is -2.37. The van der Waals surface area contributed by atoms with Crippen molar-refractivity contribution in [2.45, 2.75) is 39.5 Å². The van der Waals surface area contributed by atoms with E-state index in [-0.39, 0.29) is 37.4 Å². The summed E-state index contributed by atoms with van der Waals surface area (Å²) >= 11 is 0. The van der Waals surface area contributed by atoms with Crippen molar-refractivity contribution in [3.8, 4) is 17.4 Å². The van der Waals surface area contributed by atoms with E-state index in [1.54, 1.807) is 11.1 Å². The number of likely N-dealkylation sites (N-methyl/N-ethyl adjacent to an activating group) is 1. The van der Waals surface area contributed by atoms with Gasteiger partial charge in [-0.15, -0.1) is 0 Å². The summed E-state index contributed by atoms with van der Waals surface area (Å²) in [5.74, 6) is 1.73. The summed E-state index contributed by atoms with van der Waals surface area (Å²) in [6.07, 6.45) is 5.32. The molecule has 34 heavy (non-hydrogen) atoms. The number of aromatic nitrogens is 1. The van der Waals surface area contributed by atoms with Gasteiger partial charge in [0.2, 0.25) is 12.7 Å². The van der Waals surface area contributed by atoms with E-state index in [1.165, 1.54) is 0 Å². The van der Waals surface area contributed by atoms with Gasteiger partial charge in [-0.2, -0.15) is 0 Å². The van der Waals surface area contributed by atoms with Crippen LogP contribution in [-0.4, -0.2) is 71.5 Å². The molecule has 8 nitrogen and oxygen atoms in total. The van der Waals surface area contributed by atoms with Gasteiger partial charge in [-0.1, -0.05) is 25.1 Å². The Bertz CT molecular complexity index is 1060. The molecule has 4 rings (SSSR count). The highest BCUT2D eigenvalue weighted by atomic mass is 16.7. The fourth-order valence-electron chi connectivity index (χ4n) is 4.34. The molecule has 2 aliphatic rings. The van der Waals surface area contributed by atoms with E-state index in [0.29, 0.717) is 31.1 Å². The first-order chi connectivity index (χ1) is 16.4. The average Bonchev–Trinajstić information content (AvgIpc) is 3.29. The zero-order valence-corrected chi connectivity index (χ0v) is 20.2. The predicted octanol–water partition coefficient (Wildman–Crippen LogP) is 3.20. The number of benzene rings is 1. The number of hydrogen-bond donors (Lipinski definition) is 1. The number of amides is 1. The van der Waals surface area contributed by atoms with Crippen LogP contribution in [0.1, 0.15) is 42.3 Å². The van der Waals surface area contributed by atoms with Crippen LogP contribution < -0.4 is 14.2 Å². The van der Waals surface area contributed by atoms with Crippen LogP contribution in [0.4, 0.5) is 0 Å². The molecule has 1 amide bonds. The van der Waals surface area contributed by atoms with E-state index >= 15 is 0 Å². The summed E-state index contributed by atoms with van der Waals surface area (Å²) in [7, 11) is 2.04. The molecule has 0 bridgehead atoms. The zero-order chi connectivity index (χ0) is 24.2. The van der Waals surface area contributed by atoms with Crippen LogP contribution in [0.5, 0.6) is 17.4 Å². The van der Waals surface area contributed by atoms with Gasteiger partial charge in [0.25, 0.3) is 5.91 Å². The van der Waals surface area contributed by atoms with E-state index in [0.717, 1.165) is 22.6 Å². The normalized spacial score (nSPS) is 20.8. The van der Waals surface area contributed by atoms with Gasteiger partial charge in [0.15, 0.2) is 11.5 Å². The molecule has 0 saturated heterocycles. The standard InChI is InChI=1S/C26H33N3O5/c1-5-6-19-9-21-25(27-11-19)34-24(17(2)12-29(26(21)31)18(3)15-30)14-28(4)13-20-7-8-22-23(10-20)33-16-32-22/h5-11,17-18,24,30H,12-16H2,1-4H3/t17-,18-,24-/m1/s1. The van der Waals surface area contributed by atoms with Gasteiger partial charge in [0, 0.05) is 31.7 Å². The van der Waals surface area contributed by atoms with E-state index in [1.807, 2.05) is 57.3 Å². The minimum absolute atomic E-state index is 0.0299. The minimum atomic E-state index is -0.307. The van der Waals surface area contributed by atoms with Crippen LogP contribution in [0.2, 0.25) is 0 Å². The van der Waals surface area contributed by atoms with Crippen molar-refractivity contribution < 1.29 is 24.1 Å². The topological polar surface area (TPSA) is 84.4 Å². The van der Waals surface area contributed by atoms with Crippen molar-refractivity contribution in [1.29, 1.82) is 0 Å². The monoisotopic (exact) mass is 467 g/mol. The first-order valence-electron chi connectivity index (χ1n) is 11.7. The van der Waals surface area contributed by atoms with Crippen LogP contribution in [0.15, 0.2) is 36.5 Å². The Morgan fingerprint density at radius 3 is 2.85 bits per heavy atom. The molecule has 3 heterocycles. The molecule has 1 aromatic carbocycles. The average molecular weight is 468 g/mol. The largest absolute Gasteiger partial charge is 0.472 e. The number of hydrogen-bond acceptors (Lipinski definition) is 7. The van der Waals surface area contributed by atoms with E-state index in [9.17, 15) is 9.90 Å². The number of aliphatic hydroxyl groups excluding tert-OH is 1. The van der Waals surface area contributed by atoms with Gasteiger partial charge in [0.05, 0.1) is 12.6 Å². The number of carbonyl (C=O) groups is 1. The number of ether oxygens (including phenoxy) is 3. The molecule has 182 valence electrons. The second-order valence-electron chi connectivity index (χ2n) is 9.13.